The van der Waals surface area contributed by atoms with E-state index in [-0.39, 0.29) is 30.2 Å². The van der Waals surface area contributed by atoms with Gasteiger partial charge in [-0.2, -0.15) is 0 Å². The molecule has 0 spiro atoms. The van der Waals surface area contributed by atoms with Crippen molar-refractivity contribution in [1.82, 2.24) is 0 Å². The third kappa shape index (κ3) is 3.99. The van der Waals surface area contributed by atoms with Crippen LogP contribution in [-0.4, -0.2) is 0 Å². The molecule has 0 bridgehead atoms. The Kier molecular flexibility index (Phi) is 7.20. The summed E-state index contributed by atoms with van der Waals surface area (Å²) in [4.78, 5) is 0. The van der Waals surface area contributed by atoms with E-state index < -0.39 is 20.3 Å². The molecule has 0 aromatic carbocycles. The minimum atomic E-state index is -2.28. The summed E-state index contributed by atoms with van der Waals surface area (Å²) in [5, 5.41) is 0. The molecule has 0 aromatic rings. The summed E-state index contributed by atoms with van der Waals surface area (Å²) in [6.45, 7) is 17.1. The van der Waals surface area contributed by atoms with Crippen LogP contribution in [0, 0.1) is 10.8 Å². The molecule has 1 saturated heterocycles. The zero-order valence-electron chi connectivity index (χ0n) is 18.9. The third-order valence-corrected chi connectivity index (χ3v) is 22.1. The van der Waals surface area contributed by atoms with Crippen molar-refractivity contribution in [1.29, 1.82) is 0 Å². The van der Waals surface area contributed by atoms with Gasteiger partial charge >= 0.3 is 167 Å². The Labute approximate surface area is 190 Å². The largest absolute Gasteiger partial charge is 1.00 e. The van der Waals surface area contributed by atoms with E-state index >= 15 is 0 Å². The molecule has 0 amide bonds. The third-order valence-electron chi connectivity index (χ3n) is 7.66. The summed E-state index contributed by atoms with van der Waals surface area (Å²) < 4.78 is 5.51. The van der Waals surface area contributed by atoms with E-state index in [2.05, 4.69) is 66.7 Å². The van der Waals surface area contributed by atoms with Crippen molar-refractivity contribution in [3.05, 3.63) is 43.8 Å². The molecule has 3 unspecified atom stereocenters. The normalized spacial score (nSPS) is 29.8. The molecule has 3 heteroatoms. The molecule has 0 nitrogen and oxygen atoms in total. The van der Waals surface area contributed by atoms with Gasteiger partial charge in [-0.05, 0) is 0 Å². The fourth-order valence-corrected chi connectivity index (χ4v) is 22.5. The van der Waals surface area contributed by atoms with Gasteiger partial charge in [0, 0.05) is 0 Å². The molecule has 0 radical (unpaired) electrons. The maximum atomic E-state index is 2.75. The smallest absolute Gasteiger partial charge is 1.00 e. The summed E-state index contributed by atoms with van der Waals surface area (Å²) in [7, 11) is 0. The van der Waals surface area contributed by atoms with E-state index in [1.807, 2.05) is 8.85 Å². The molecular weight excluding hydrogens is 462 g/mol. The van der Waals surface area contributed by atoms with Gasteiger partial charge in [0.15, 0.2) is 0 Å². The molecule has 0 aromatic heterocycles. The molecule has 4 aliphatic rings. The number of hydrogen-bond acceptors (Lipinski definition) is 0. The first-order chi connectivity index (χ1) is 12.0. The standard InChI is InChI=1S/C13H21.C9H11.C3H6.2ClH.Zr/c1-12(2,3)10-8-7-9-11(10)13(4,5)6;1-2-5-9-7-3-6-8(9)4-1;1-3-2;;;/h8H,9H2,1-6H3;3,6-7H,1-2,4-5H2;3H,1H2,2H3;2*1H;/q;;;;;+2/p-2. The first-order valence-electron chi connectivity index (χ1n) is 10.9. The molecule has 1 heterocycles. The van der Waals surface area contributed by atoms with E-state index in [4.69, 9.17) is 0 Å². The van der Waals surface area contributed by atoms with Crippen LogP contribution in [0.4, 0.5) is 0 Å². The van der Waals surface area contributed by atoms with Gasteiger partial charge in [-0.15, -0.1) is 0 Å². The zero-order valence-corrected chi connectivity index (χ0v) is 22.9. The Balaban J connectivity index is 0.00000140. The van der Waals surface area contributed by atoms with Gasteiger partial charge in [0.05, 0.1) is 0 Å². The van der Waals surface area contributed by atoms with Crippen molar-refractivity contribution >= 4 is 0 Å². The second-order valence-electron chi connectivity index (χ2n) is 11.5. The summed E-state index contributed by atoms with van der Waals surface area (Å²) >= 11 is -2.28. The van der Waals surface area contributed by atoms with Gasteiger partial charge in [0.1, 0.15) is 0 Å². The van der Waals surface area contributed by atoms with Crippen LogP contribution in [0.3, 0.4) is 0 Å². The Hall–Kier alpha value is 0.423. The van der Waals surface area contributed by atoms with Crippen LogP contribution in [0.25, 0.3) is 0 Å². The zero-order chi connectivity index (χ0) is 18.9. The number of rotatable bonds is 2. The van der Waals surface area contributed by atoms with Crippen LogP contribution in [0.2, 0.25) is 11.4 Å². The van der Waals surface area contributed by atoms with Crippen LogP contribution in [0.1, 0.15) is 80.6 Å². The molecule has 0 saturated carbocycles. The maximum absolute atomic E-state index is 2.75. The number of allylic oxidation sites excluding steroid dienone is 8. The van der Waals surface area contributed by atoms with Crippen LogP contribution in [0.15, 0.2) is 43.8 Å². The predicted molar refractivity (Wildman–Crippen MR) is 111 cm³/mol. The van der Waals surface area contributed by atoms with Gasteiger partial charge < -0.3 is 24.8 Å². The fraction of sp³-hybridized carbons (Fsp3) is 0.680. The molecule has 1 fully saturated rings. The van der Waals surface area contributed by atoms with Crippen molar-refractivity contribution < 1.29 is 45.1 Å². The topological polar surface area (TPSA) is 0 Å². The molecule has 0 N–H and O–H groups in total. The first-order valence-corrected chi connectivity index (χ1v) is 16.7. The van der Waals surface area contributed by atoms with Crippen LogP contribution >= 0.6 is 0 Å². The minimum Gasteiger partial charge on any atom is -1.00 e. The Morgan fingerprint density at radius 2 is 1.54 bits per heavy atom. The van der Waals surface area contributed by atoms with E-state index in [1.54, 1.807) is 20.8 Å². The quantitative estimate of drug-likeness (QED) is 0.546. The van der Waals surface area contributed by atoms with Gasteiger partial charge in [-0.1, -0.05) is 0 Å². The molecule has 3 aliphatic carbocycles. The summed E-state index contributed by atoms with van der Waals surface area (Å²) in [5.41, 5.74) is 7.64. The molecule has 1 aliphatic heterocycles. The monoisotopic (exact) mass is 498 g/mol. The molecule has 3 atom stereocenters. The van der Waals surface area contributed by atoms with Crippen molar-refractivity contribution in [3.8, 4) is 0 Å². The summed E-state index contributed by atoms with van der Waals surface area (Å²) in [6.07, 6.45) is 14.9. The SMILES string of the molecule is C[CH]1[CH2][Zr+2]1([C]1=CC(C(C)(C)C)=C(C(C)(C)C)C1)[CH]1C=CC2=C1CCCC2.[Cl-].[Cl-]. The average Bonchev–Trinajstić information content (AvgIpc) is 2.96. The summed E-state index contributed by atoms with van der Waals surface area (Å²) in [5.74, 6) is 0. The van der Waals surface area contributed by atoms with Gasteiger partial charge in [-0.25, -0.2) is 0 Å². The average molecular weight is 501 g/mol. The van der Waals surface area contributed by atoms with Crippen molar-refractivity contribution in [2.24, 2.45) is 10.8 Å². The molecular formula is C25H38Cl2Zr. The van der Waals surface area contributed by atoms with Crippen molar-refractivity contribution in [2.75, 3.05) is 0 Å². The van der Waals surface area contributed by atoms with E-state index in [1.165, 1.54) is 32.1 Å². The Bertz CT molecular complexity index is 754. The van der Waals surface area contributed by atoms with Crippen molar-refractivity contribution in [3.63, 3.8) is 0 Å². The molecule has 4 rings (SSSR count). The Morgan fingerprint density at radius 1 is 0.929 bits per heavy atom. The molecule has 28 heavy (non-hydrogen) atoms. The summed E-state index contributed by atoms with van der Waals surface area (Å²) in [6, 6.07) is 0. The van der Waals surface area contributed by atoms with Gasteiger partial charge in [-0.3, -0.25) is 0 Å². The van der Waals surface area contributed by atoms with Crippen molar-refractivity contribution in [2.45, 2.75) is 92.0 Å². The van der Waals surface area contributed by atoms with E-state index in [9.17, 15) is 0 Å². The van der Waals surface area contributed by atoms with Gasteiger partial charge in [0.2, 0.25) is 0 Å². The minimum absolute atomic E-state index is 0. The fourth-order valence-electron chi connectivity index (χ4n) is 6.07. The first kappa shape index (κ1) is 24.7. The molecule has 156 valence electrons. The second kappa shape index (κ2) is 8.17. The van der Waals surface area contributed by atoms with Crippen LogP contribution in [0.5, 0.6) is 0 Å². The predicted octanol–water partition coefficient (Wildman–Crippen LogP) is 2.29. The van der Waals surface area contributed by atoms with E-state index in [0.29, 0.717) is 5.41 Å². The number of halogens is 2. The van der Waals surface area contributed by atoms with Gasteiger partial charge in [0.25, 0.3) is 0 Å². The van der Waals surface area contributed by atoms with E-state index in [0.717, 1.165) is 7.25 Å². The Morgan fingerprint density at radius 3 is 2.04 bits per heavy atom. The maximum Gasteiger partial charge on any atom is -1.00 e. The number of hydrogen-bond donors (Lipinski definition) is 0. The van der Waals surface area contributed by atoms with Crippen LogP contribution in [-0.2, 0) is 20.3 Å². The second-order valence-corrected chi connectivity index (χ2v) is 23.1. The van der Waals surface area contributed by atoms with Crippen LogP contribution < -0.4 is 24.8 Å².